The van der Waals surface area contributed by atoms with Gasteiger partial charge in [0.25, 0.3) is 13.3 Å². The van der Waals surface area contributed by atoms with Crippen LogP contribution in [0.5, 0.6) is 0 Å². The summed E-state index contributed by atoms with van der Waals surface area (Å²) in [4.78, 5) is 9.25. The smallest absolute Gasteiger partial charge is 0.264 e. The van der Waals surface area contributed by atoms with Gasteiger partial charge in [0.15, 0.2) is 0 Å². The number of para-hydroxylation sites is 2. The van der Waals surface area contributed by atoms with Gasteiger partial charge in [0.1, 0.15) is 18.3 Å². The molecule has 5 atom stereocenters. The summed E-state index contributed by atoms with van der Waals surface area (Å²) < 4.78 is 28.1. The van der Waals surface area contributed by atoms with Gasteiger partial charge in [-0.1, -0.05) is 12.1 Å². The van der Waals surface area contributed by atoms with E-state index >= 15 is 0 Å². The van der Waals surface area contributed by atoms with Gasteiger partial charge in [-0.05, 0) is 63.9 Å². The minimum atomic E-state index is -2.67. The fourth-order valence-electron chi connectivity index (χ4n) is 2.98. The Kier molecular flexibility index (Phi) is 5.74. The van der Waals surface area contributed by atoms with Gasteiger partial charge < -0.3 is 18.1 Å². The molecule has 28 heavy (non-hydrogen) atoms. The molecule has 5 unspecified atom stereocenters. The van der Waals surface area contributed by atoms with Gasteiger partial charge in [0.05, 0.1) is 29.5 Å². The molecule has 2 fully saturated rings. The molecule has 0 radical (unpaired) electrons. The Morgan fingerprint density at radius 1 is 0.964 bits per heavy atom. The number of hydrogen-bond acceptors (Lipinski definition) is 8. The highest BCUT2D eigenvalue weighted by molar-refractivity contribution is 8.09. The van der Waals surface area contributed by atoms with E-state index in [1.54, 1.807) is 6.20 Å². The normalized spacial score (nSPS) is 36.0. The maximum atomic E-state index is 6.26. The number of aromatic nitrogens is 2. The molecule has 152 valence electrons. The first-order valence-corrected chi connectivity index (χ1v) is 13.9. The lowest BCUT2D eigenvalue weighted by atomic mass is 10.1. The first-order valence-electron chi connectivity index (χ1n) is 8.69. The van der Waals surface area contributed by atoms with Crippen LogP contribution in [0, 0.1) is 0 Å². The molecular formula is C16H22N4O4P2S2. The Morgan fingerprint density at radius 3 is 2.29 bits per heavy atom. The van der Waals surface area contributed by atoms with Gasteiger partial charge in [-0.3, -0.25) is 4.98 Å². The van der Waals surface area contributed by atoms with Crippen molar-refractivity contribution in [2.45, 2.75) is 18.3 Å². The molecule has 0 bridgehead atoms. The van der Waals surface area contributed by atoms with Crippen LogP contribution < -0.4 is 0 Å². The molecule has 1 aromatic carbocycles. The molecule has 0 N–H and O–H groups in total. The lowest BCUT2D eigenvalue weighted by molar-refractivity contribution is 0.0449. The highest BCUT2D eigenvalue weighted by Crippen LogP contribution is 2.65. The summed E-state index contributed by atoms with van der Waals surface area (Å²) in [5.74, 6) is 0. The number of nitrogens with zero attached hydrogens (tertiary/aromatic N) is 4. The van der Waals surface area contributed by atoms with Crippen molar-refractivity contribution < 1.29 is 18.1 Å². The molecule has 12 heteroatoms. The molecule has 0 spiro atoms. The molecule has 2 aliphatic rings. The van der Waals surface area contributed by atoms with Gasteiger partial charge in [-0.25, -0.2) is 14.3 Å². The van der Waals surface area contributed by atoms with Crippen LogP contribution >= 0.6 is 13.3 Å². The van der Waals surface area contributed by atoms with Crippen LogP contribution in [0.4, 0.5) is 0 Å². The first kappa shape index (κ1) is 20.9. The fraction of sp³-hybridized carbons (Fsp3) is 0.500. The van der Waals surface area contributed by atoms with E-state index in [1.165, 1.54) is 0 Å². The number of fused-ring (bicyclic) bond motifs is 1. The van der Waals surface area contributed by atoms with E-state index in [-0.39, 0.29) is 0 Å². The molecule has 4 rings (SSSR count). The van der Waals surface area contributed by atoms with Crippen molar-refractivity contribution in [3.63, 3.8) is 0 Å². The Labute approximate surface area is 174 Å². The fourth-order valence-corrected chi connectivity index (χ4v) is 6.91. The summed E-state index contributed by atoms with van der Waals surface area (Å²) in [6, 6.07) is 7.69. The van der Waals surface area contributed by atoms with Crippen molar-refractivity contribution in [2.24, 2.45) is 0 Å². The number of hydrogen-bond donors (Lipinski definition) is 0. The topological polar surface area (TPSA) is 69.2 Å². The minimum absolute atomic E-state index is 0.323. The molecule has 0 saturated carbocycles. The second kappa shape index (κ2) is 7.71. The first-order chi connectivity index (χ1) is 13.2. The molecule has 2 aliphatic heterocycles. The monoisotopic (exact) mass is 460 g/mol. The van der Waals surface area contributed by atoms with Gasteiger partial charge in [0, 0.05) is 0 Å². The highest BCUT2D eigenvalue weighted by atomic mass is 32.5. The van der Waals surface area contributed by atoms with Crippen LogP contribution in [0.25, 0.3) is 11.0 Å². The maximum absolute atomic E-state index is 6.26. The molecule has 0 aliphatic carbocycles. The molecule has 3 heterocycles. The zero-order valence-corrected chi connectivity index (χ0v) is 19.4. The van der Waals surface area contributed by atoms with Crippen LogP contribution in [0.1, 0.15) is 11.8 Å². The Balaban J connectivity index is 1.70. The average Bonchev–Trinajstić information content (AvgIpc) is 3.24. The predicted octanol–water partition coefficient (Wildman–Crippen LogP) is 3.07. The van der Waals surface area contributed by atoms with E-state index in [0.717, 1.165) is 11.0 Å². The summed E-state index contributed by atoms with van der Waals surface area (Å²) in [6.07, 6.45) is 0.328. The van der Waals surface area contributed by atoms with E-state index in [0.29, 0.717) is 12.3 Å². The van der Waals surface area contributed by atoms with Crippen LogP contribution in [0.15, 0.2) is 30.5 Å². The number of rotatable bonds is 4. The maximum Gasteiger partial charge on any atom is 0.264 e. The van der Waals surface area contributed by atoms with E-state index < -0.39 is 31.6 Å². The third kappa shape index (κ3) is 3.72. The minimum Gasteiger partial charge on any atom is -0.315 e. The third-order valence-corrected chi connectivity index (χ3v) is 11.6. The lowest BCUT2D eigenvalue weighted by Crippen LogP contribution is -2.32. The second-order valence-electron chi connectivity index (χ2n) is 6.95. The zero-order valence-electron chi connectivity index (χ0n) is 16.0. The Morgan fingerprint density at radius 2 is 1.64 bits per heavy atom. The molecule has 1 aromatic heterocycles. The predicted molar refractivity (Wildman–Crippen MR) is 115 cm³/mol. The summed E-state index contributed by atoms with van der Waals surface area (Å²) >= 11 is 11.3. The quantitative estimate of drug-likeness (QED) is 0.636. The number of benzene rings is 1. The van der Waals surface area contributed by atoms with E-state index in [2.05, 4.69) is 4.98 Å². The Bertz CT molecular complexity index is 992. The van der Waals surface area contributed by atoms with Gasteiger partial charge in [-0.15, -0.1) is 0 Å². The lowest BCUT2D eigenvalue weighted by Gasteiger charge is -2.24. The van der Waals surface area contributed by atoms with Crippen molar-refractivity contribution in [3.8, 4) is 0 Å². The van der Waals surface area contributed by atoms with E-state index in [9.17, 15) is 0 Å². The molecule has 2 aromatic rings. The Hall–Kier alpha value is -0.380. The SMILES string of the molecule is CN(C)P1(=S)OCC(C2OP(=S)(N(C)C)OC2c2cnc3ccccc3n2)O1. The third-order valence-electron chi connectivity index (χ3n) is 4.58. The summed E-state index contributed by atoms with van der Waals surface area (Å²) in [5.41, 5.74) is 2.26. The van der Waals surface area contributed by atoms with Crippen molar-refractivity contribution in [1.82, 2.24) is 19.3 Å². The largest absolute Gasteiger partial charge is 0.315 e. The standard InChI is InChI=1S/C16H22N4O4P2S2/c1-19(2)25(27)21-10-14(22-25)16-15(23-26(28,24-16)20(3)4)13-9-17-11-7-5-6-8-12(11)18-13/h5-9,14-16H,10H2,1-4H3. The second-order valence-corrected chi connectivity index (χ2v) is 14.1. The van der Waals surface area contributed by atoms with Gasteiger partial charge in [-0.2, -0.15) is 0 Å². The highest BCUT2D eigenvalue weighted by Gasteiger charge is 2.52. The molecule has 2 saturated heterocycles. The molecule has 0 amide bonds. The van der Waals surface area contributed by atoms with E-state index in [1.807, 2.05) is 61.8 Å². The molecular weight excluding hydrogens is 438 g/mol. The average molecular weight is 460 g/mol. The van der Waals surface area contributed by atoms with E-state index in [4.69, 9.17) is 46.7 Å². The molecule has 8 nitrogen and oxygen atoms in total. The van der Waals surface area contributed by atoms with Crippen molar-refractivity contribution in [1.29, 1.82) is 0 Å². The summed E-state index contributed by atoms with van der Waals surface area (Å²) in [5, 5.41) is 0. The van der Waals surface area contributed by atoms with Crippen molar-refractivity contribution in [2.75, 3.05) is 34.8 Å². The van der Waals surface area contributed by atoms with Crippen molar-refractivity contribution in [3.05, 3.63) is 36.2 Å². The zero-order chi connectivity index (χ0) is 20.1. The van der Waals surface area contributed by atoms with Crippen molar-refractivity contribution >= 4 is 47.9 Å². The van der Waals surface area contributed by atoms with Crippen LogP contribution in [-0.2, 0) is 41.7 Å². The van der Waals surface area contributed by atoms with Crippen LogP contribution in [-0.4, -0.2) is 66.3 Å². The summed E-state index contributed by atoms with van der Waals surface area (Å²) in [6.45, 7) is -4.86. The van der Waals surface area contributed by atoms with Gasteiger partial charge >= 0.3 is 0 Å². The van der Waals surface area contributed by atoms with Crippen LogP contribution in [0.2, 0.25) is 0 Å². The van der Waals surface area contributed by atoms with Gasteiger partial charge in [0.2, 0.25) is 0 Å². The summed E-state index contributed by atoms with van der Waals surface area (Å²) in [7, 11) is 7.41. The van der Waals surface area contributed by atoms with Crippen LogP contribution in [0.3, 0.4) is 0 Å².